The normalized spacial score (nSPS) is 11.7. The van der Waals surface area contributed by atoms with Gasteiger partial charge >= 0.3 is 0 Å². The highest BCUT2D eigenvalue weighted by atomic mass is 28.3. The van der Waals surface area contributed by atoms with Crippen LogP contribution in [0, 0.1) is 0 Å². The Balaban J connectivity index is 1.000. The lowest BCUT2D eigenvalue weighted by molar-refractivity contribution is 1.05. The molecule has 0 N–H and O–H groups in total. The van der Waals surface area contributed by atoms with E-state index in [9.17, 15) is 0 Å². The monoisotopic (exact) mass is 972 g/mol. The minimum Gasteiger partial charge on any atom is -0.309 e. The summed E-state index contributed by atoms with van der Waals surface area (Å²) in [5.74, 6) is 1.44. The van der Waals surface area contributed by atoms with E-state index in [1.165, 1.54) is 42.6 Å². The summed E-state index contributed by atoms with van der Waals surface area (Å²) in [6.45, 7) is 0. The van der Waals surface area contributed by atoms with E-state index in [4.69, 9.17) is 9.97 Å². The van der Waals surface area contributed by atoms with Crippen molar-refractivity contribution >= 4 is 72.4 Å². The van der Waals surface area contributed by atoms with Crippen molar-refractivity contribution in [1.29, 1.82) is 0 Å². The molecule has 0 atom stereocenters. The average Bonchev–Trinajstić information content (AvgIpc) is 4.01. The number of para-hydroxylation sites is 3. The van der Waals surface area contributed by atoms with Crippen LogP contribution in [0.15, 0.2) is 291 Å². The SMILES string of the molecule is c1ccc(-c2cc(-c3ccccc3)cc(-c3nc(-c4ccc([Si](c5ccccc5)(c5ccccc5)c5ccccc5)cc4)cc(-n4c5ccccc5c5cc(-n6c7ccccc7c7ccccc76)ccc54)n3)c2)cc1. The lowest BCUT2D eigenvalue weighted by atomic mass is 9.96. The van der Waals surface area contributed by atoms with Crippen LogP contribution in [0.25, 0.3) is 100 Å². The molecule has 0 radical (unpaired) electrons. The molecule has 0 saturated heterocycles. The third-order valence-electron chi connectivity index (χ3n) is 15.1. The average molecular weight is 973 g/mol. The Morgan fingerprint density at radius 1 is 0.253 bits per heavy atom. The van der Waals surface area contributed by atoms with Gasteiger partial charge in [0, 0.05) is 44.4 Å². The van der Waals surface area contributed by atoms with Crippen LogP contribution in [0.2, 0.25) is 0 Å². The van der Waals surface area contributed by atoms with Crippen LogP contribution in [0.4, 0.5) is 0 Å². The van der Waals surface area contributed by atoms with Crippen LogP contribution in [0.5, 0.6) is 0 Å². The second-order valence-electron chi connectivity index (χ2n) is 19.3. The van der Waals surface area contributed by atoms with Gasteiger partial charge in [-0.3, -0.25) is 4.57 Å². The second kappa shape index (κ2) is 18.4. The highest BCUT2D eigenvalue weighted by Gasteiger charge is 2.41. The molecule has 0 saturated carbocycles. The predicted molar refractivity (Wildman–Crippen MR) is 316 cm³/mol. The van der Waals surface area contributed by atoms with Crippen LogP contribution < -0.4 is 20.7 Å². The molecule has 5 heteroatoms. The van der Waals surface area contributed by atoms with Gasteiger partial charge in [-0.1, -0.05) is 231 Å². The minimum absolute atomic E-state index is 0.649. The Morgan fingerprint density at radius 3 is 1.16 bits per heavy atom. The Bertz CT molecular complexity index is 4170. The lowest BCUT2D eigenvalue weighted by Gasteiger charge is -2.34. The molecule has 3 aromatic heterocycles. The summed E-state index contributed by atoms with van der Waals surface area (Å²) in [6, 6.07) is 106. The van der Waals surface area contributed by atoms with Crippen molar-refractivity contribution in [3.05, 3.63) is 291 Å². The molecule has 11 aromatic carbocycles. The van der Waals surface area contributed by atoms with E-state index in [2.05, 4.69) is 300 Å². The molecule has 3 heterocycles. The first-order valence-electron chi connectivity index (χ1n) is 25.6. The molecule has 0 aliphatic rings. The number of rotatable bonds is 10. The molecule has 0 spiro atoms. The first-order valence-corrected chi connectivity index (χ1v) is 27.6. The first kappa shape index (κ1) is 44.1. The van der Waals surface area contributed by atoms with E-state index in [0.29, 0.717) is 5.82 Å². The zero-order valence-electron chi connectivity index (χ0n) is 41.0. The summed E-state index contributed by atoms with van der Waals surface area (Å²) >= 11 is 0. The summed E-state index contributed by atoms with van der Waals surface area (Å²) in [7, 11) is -2.77. The van der Waals surface area contributed by atoms with E-state index < -0.39 is 8.07 Å². The highest BCUT2D eigenvalue weighted by Crippen LogP contribution is 2.39. The van der Waals surface area contributed by atoms with Gasteiger partial charge in [0.05, 0.1) is 27.8 Å². The number of aromatic nitrogens is 4. The molecule has 14 rings (SSSR count). The van der Waals surface area contributed by atoms with Crippen molar-refractivity contribution < 1.29 is 0 Å². The van der Waals surface area contributed by atoms with Gasteiger partial charge in [-0.25, -0.2) is 9.97 Å². The van der Waals surface area contributed by atoms with Crippen LogP contribution in [-0.2, 0) is 0 Å². The quantitative estimate of drug-likeness (QED) is 0.101. The van der Waals surface area contributed by atoms with Crippen LogP contribution in [0.1, 0.15) is 0 Å². The second-order valence-corrected chi connectivity index (χ2v) is 23.1. The third kappa shape index (κ3) is 7.51. The highest BCUT2D eigenvalue weighted by molar-refractivity contribution is 7.19. The van der Waals surface area contributed by atoms with E-state index in [1.54, 1.807) is 0 Å². The van der Waals surface area contributed by atoms with Gasteiger partial charge in [-0.15, -0.1) is 0 Å². The Morgan fingerprint density at radius 2 is 0.653 bits per heavy atom. The third-order valence-corrected chi connectivity index (χ3v) is 19.9. The van der Waals surface area contributed by atoms with Crippen molar-refractivity contribution in [1.82, 2.24) is 19.1 Å². The van der Waals surface area contributed by atoms with E-state index in [0.717, 1.165) is 72.4 Å². The topological polar surface area (TPSA) is 35.6 Å². The summed E-state index contributed by atoms with van der Waals surface area (Å²) < 4.78 is 4.73. The maximum Gasteiger partial charge on any atom is 0.179 e. The molecule has 14 aromatic rings. The zero-order valence-corrected chi connectivity index (χ0v) is 42.0. The van der Waals surface area contributed by atoms with Gasteiger partial charge in [0.15, 0.2) is 13.9 Å². The van der Waals surface area contributed by atoms with Crippen molar-refractivity contribution in [2.24, 2.45) is 0 Å². The number of benzene rings is 11. The van der Waals surface area contributed by atoms with Gasteiger partial charge in [0.2, 0.25) is 0 Å². The summed E-state index contributed by atoms with van der Waals surface area (Å²) in [4.78, 5) is 11.2. The molecular weight excluding hydrogens is 925 g/mol. The standard InChI is InChI=1S/C70H48N4Si/c1-6-22-49(23-7-1)52-44-53(50-24-8-2-9-25-50)46-54(45-52)70-71-64(51-38-41-59(42-39-51)75(56-26-10-3-11-27-56,57-28-12-4-13-29-57)58-30-14-5-15-31-58)48-69(72-70)74-67-37-21-18-34-62(67)63-47-55(40-43-68(63)74)73-65-35-19-16-32-60(65)61-33-17-20-36-66(61)73/h1-48H. The van der Waals surface area contributed by atoms with Gasteiger partial charge in [-0.2, -0.15) is 0 Å². The summed E-state index contributed by atoms with van der Waals surface area (Å²) in [6.07, 6.45) is 0. The van der Waals surface area contributed by atoms with Gasteiger partial charge in [0.1, 0.15) is 5.82 Å². The Kier molecular flexibility index (Phi) is 10.8. The lowest BCUT2D eigenvalue weighted by Crippen LogP contribution is -2.74. The fourth-order valence-electron chi connectivity index (χ4n) is 11.7. The van der Waals surface area contributed by atoms with Crippen molar-refractivity contribution in [3.63, 3.8) is 0 Å². The molecule has 75 heavy (non-hydrogen) atoms. The maximum absolute atomic E-state index is 5.62. The van der Waals surface area contributed by atoms with E-state index in [-0.39, 0.29) is 0 Å². The number of hydrogen-bond acceptors (Lipinski definition) is 2. The molecule has 0 fully saturated rings. The first-order chi connectivity index (χ1) is 37.2. The summed E-state index contributed by atoms with van der Waals surface area (Å²) in [5.41, 5.74) is 12.9. The van der Waals surface area contributed by atoms with Crippen molar-refractivity contribution in [2.75, 3.05) is 0 Å². The van der Waals surface area contributed by atoms with Crippen LogP contribution >= 0.6 is 0 Å². The molecule has 0 aliphatic carbocycles. The van der Waals surface area contributed by atoms with Crippen LogP contribution in [-0.4, -0.2) is 27.2 Å². The molecule has 4 nitrogen and oxygen atoms in total. The van der Waals surface area contributed by atoms with Gasteiger partial charge < -0.3 is 4.57 Å². The van der Waals surface area contributed by atoms with E-state index >= 15 is 0 Å². The summed E-state index contributed by atoms with van der Waals surface area (Å²) in [5, 5.41) is 10.1. The van der Waals surface area contributed by atoms with Gasteiger partial charge in [-0.05, 0) is 97.6 Å². The van der Waals surface area contributed by atoms with Crippen LogP contribution in [0.3, 0.4) is 0 Å². The molecular formula is C70H48N4Si. The maximum atomic E-state index is 5.62. The fraction of sp³-hybridized carbons (Fsp3) is 0. The number of fused-ring (bicyclic) bond motifs is 6. The Labute approximate surface area is 436 Å². The molecule has 0 bridgehead atoms. The molecule has 0 unspecified atom stereocenters. The zero-order chi connectivity index (χ0) is 49.7. The van der Waals surface area contributed by atoms with Crippen molar-refractivity contribution in [3.8, 4) is 56.4 Å². The number of nitrogens with zero attached hydrogens (tertiary/aromatic N) is 4. The predicted octanol–water partition coefficient (Wildman–Crippen LogP) is 14.7. The molecule has 0 aliphatic heterocycles. The minimum atomic E-state index is -2.77. The van der Waals surface area contributed by atoms with Gasteiger partial charge in [0.25, 0.3) is 0 Å². The largest absolute Gasteiger partial charge is 0.309 e. The van der Waals surface area contributed by atoms with E-state index in [1.807, 2.05) is 0 Å². The van der Waals surface area contributed by atoms with Crippen molar-refractivity contribution in [2.45, 2.75) is 0 Å². The molecule has 352 valence electrons. The molecule has 0 amide bonds. The number of hydrogen-bond donors (Lipinski definition) is 0. The fourth-order valence-corrected chi connectivity index (χ4v) is 16.4. The Hall–Kier alpha value is -9.68. The smallest absolute Gasteiger partial charge is 0.179 e.